The predicted molar refractivity (Wildman–Crippen MR) is 98.7 cm³/mol. The summed E-state index contributed by atoms with van der Waals surface area (Å²) in [4.78, 5) is 31.0. The highest BCUT2D eigenvalue weighted by Crippen LogP contribution is 2.24. The minimum atomic E-state index is -3.80. The number of hydrogen-bond donors (Lipinski definition) is 2. The lowest BCUT2D eigenvalue weighted by Gasteiger charge is -2.07. The van der Waals surface area contributed by atoms with Gasteiger partial charge in [0.25, 0.3) is 5.56 Å². The highest BCUT2D eigenvalue weighted by Gasteiger charge is 2.21. The van der Waals surface area contributed by atoms with E-state index in [4.69, 9.17) is 5.14 Å². The quantitative estimate of drug-likeness (QED) is 0.495. The lowest BCUT2D eigenvalue weighted by Crippen LogP contribution is -2.28. The second kappa shape index (κ2) is 5.41. The number of H-pyrrole nitrogens is 1. The molecule has 27 heavy (non-hydrogen) atoms. The number of aryl methyl sites for hydroxylation is 2. The molecular formula is C16H16N6O4S. The highest BCUT2D eigenvalue weighted by atomic mass is 32.2. The fourth-order valence-corrected chi connectivity index (χ4v) is 3.72. The number of nitrogens with zero attached hydrogens (tertiary/aromatic N) is 4. The summed E-state index contributed by atoms with van der Waals surface area (Å²) in [5.74, 6) is 0.440. The molecule has 0 unspecified atom stereocenters. The number of nitrogens with two attached hydrogens (primary N) is 1. The topological polar surface area (TPSA) is 137 Å². The molecule has 11 heteroatoms. The Morgan fingerprint density at radius 3 is 2.30 bits per heavy atom. The third-order valence-electron chi connectivity index (χ3n) is 4.72. The number of imidazole rings is 2. The number of benzene rings is 1. The van der Waals surface area contributed by atoms with Crippen LogP contribution in [0, 0.1) is 13.8 Å². The van der Waals surface area contributed by atoms with E-state index in [1.807, 2.05) is 13.8 Å². The van der Waals surface area contributed by atoms with Crippen molar-refractivity contribution in [2.45, 2.75) is 18.7 Å². The van der Waals surface area contributed by atoms with Crippen molar-refractivity contribution in [1.82, 2.24) is 23.5 Å². The van der Waals surface area contributed by atoms with Crippen LogP contribution in [0.15, 0.2) is 38.8 Å². The Labute approximate surface area is 152 Å². The van der Waals surface area contributed by atoms with Gasteiger partial charge < -0.3 is 0 Å². The van der Waals surface area contributed by atoms with Crippen LogP contribution in [0.1, 0.15) is 11.4 Å². The van der Waals surface area contributed by atoms with Crippen molar-refractivity contribution in [1.29, 1.82) is 0 Å². The zero-order valence-electron chi connectivity index (χ0n) is 14.7. The highest BCUT2D eigenvalue weighted by molar-refractivity contribution is 7.89. The SMILES string of the molecule is Cc1c(C)n2c3c(=O)[nH]c(=O)n(C)c3nc2n1-c1ccc(S(N)(=O)=O)cc1. The molecule has 3 aromatic heterocycles. The second-order valence-electron chi connectivity index (χ2n) is 6.28. The van der Waals surface area contributed by atoms with Gasteiger partial charge in [0.2, 0.25) is 15.8 Å². The molecule has 0 fully saturated rings. The Morgan fingerprint density at radius 1 is 1.07 bits per heavy atom. The molecule has 3 N–H and O–H groups in total. The molecule has 4 aromatic rings. The number of aromatic nitrogens is 5. The molecule has 0 amide bonds. The molecule has 0 aliphatic heterocycles. The molecule has 4 rings (SSSR count). The summed E-state index contributed by atoms with van der Waals surface area (Å²) in [6.07, 6.45) is 0. The van der Waals surface area contributed by atoms with E-state index in [0.29, 0.717) is 11.5 Å². The van der Waals surface area contributed by atoms with Gasteiger partial charge >= 0.3 is 5.69 Å². The summed E-state index contributed by atoms with van der Waals surface area (Å²) >= 11 is 0. The lowest BCUT2D eigenvalue weighted by atomic mass is 10.3. The van der Waals surface area contributed by atoms with E-state index in [1.54, 1.807) is 21.1 Å². The maximum atomic E-state index is 12.4. The Morgan fingerprint density at radius 2 is 1.70 bits per heavy atom. The zero-order valence-corrected chi connectivity index (χ0v) is 15.5. The summed E-state index contributed by atoms with van der Waals surface area (Å²) in [7, 11) is -2.27. The summed E-state index contributed by atoms with van der Waals surface area (Å²) in [6, 6.07) is 6.02. The number of aromatic amines is 1. The Kier molecular flexibility index (Phi) is 3.45. The van der Waals surface area contributed by atoms with Gasteiger partial charge in [0.15, 0.2) is 11.2 Å². The van der Waals surface area contributed by atoms with E-state index >= 15 is 0 Å². The van der Waals surface area contributed by atoms with Crippen LogP contribution >= 0.6 is 0 Å². The van der Waals surface area contributed by atoms with Gasteiger partial charge in [0.05, 0.1) is 4.90 Å². The first-order valence-electron chi connectivity index (χ1n) is 7.94. The normalized spacial score (nSPS) is 12.3. The van der Waals surface area contributed by atoms with E-state index in [2.05, 4.69) is 9.97 Å². The number of hydrogen-bond acceptors (Lipinski definition) is 5. The number of rotatable bonds is 2. The summed E-state index contributed by atoms with van der Waals surface area (Å²) in [5, 5.41) is 5.15. The lowest BCUT2D eigenvalue weighted by molar-refractivity contribution is 0.598. The molecular weight excluding hydrogens is 372 g/mol. The first kappa shape index (κ1) is 17.2. The molecule has 0 aliphatic carbocycles. The van der Waals surface area contributed by atoms with Gasteiger partial charge in [-0.3, -0.25) is 23.3 Å². The van der Waals surface area contributed by atoms with Crippen molar-refractivity contribution in [2.75, 3.05) is 0 Å². The molecule has 3 heterocycles. The first-order chi connectivity index (χ1) is 12.6. The molecule has 1 aromatic carbocycles. The first-order valence-corrected chi connectivity index (χ1v) is 9.48. The van der Waals surface area contributed by atoms with Crippen molar-refractivity contribution < 1.29 is 8.42 Å². The maximum Gasteiger partial charge on any atom is 0.329 e. The third-order valence-corrected chi connectivity index (χ3v) is 5.65. The molecule has 10 nitrogen and oxygen atoms in total. The summed E-state index contributed by atoms with van der Waals surface area (Å²) in [6.45, 7) is 3.70. The Hall–Kier alpha value is -3.18. The van der Waals surface area contributed by atoms with Crippen LogP contribution in [0.2, 0.25) is 0 Å². The maximum absolute atomic E-state index is 12.4. The van der Waals surface area contributed by atoms with E-state index < -0.39 is 21.3 Å². The zero-order chi connectivity index (χ0) is 19.7. The van der Waals surface area contributed by atoms with Crippen LogP contribution in [0.3, 0.4) is 0 Å². The van der Waals surface area contributed by atoms with E-state index in [1.165, 1.54) is 23.7 Å². The third kappa shape index (κ3) is 2.35. The minimum absolute atomic E-state index is 0.00357. The number of primary sulfonamides is 1. The molecule has 0 atom stereocenters. The van der Waals surface area contributed by atoms with E-state index in [9.17, 15) is 18.0 Å². The largest absolute Gasteiger partial charge is 0.329 e. The minimum Gasteiger partial charge on any atom is -0.283 e. The molecule has 0 saturated carbocycles. The van der Waals surface area contributed by atoms with Crippen LogP contribution in [0.5, 0.6) is 0 Å². The number of nitrogens with one attached hydrogen (secondary N) is 1. The second-order valence-corrected chi connectivity index (χ2v) is 7.84. The van der Waals surface area contributed by atoms with Crippen molar-refractivity contribution in [3.8, 4) is 5.69 Å². The van der Waals surface area contributed by atoms with Gasteiger partial charge in [-0.05, 0) is 38.1 Å². The monoisotopic (exact) mass is 388 g/mol. The smallest absolute Gasteiger partial charge is 0.283 e. The number of fused-ring (bicyclic) bond motifs is 3. The van der Waals surface area contributed by atoms with Crippen LogP contribution < -0.4 is 16.4 Å². The number of sulfonamides is 1. The van der Waals surface area contributed by atoms with Crippen molar-refractivity contribution in [2.24, 2.45) is 12.2 Å². The molecule has 0 aliphatic rings. The molecule has 0 saturated heterocycles. The van der Waals surface area contributed by atoms with Gasteiger partial charge in [-0.2, -0.15) is 4.98 Å². The fourth-order valence-electron chi connectivity index (χ4n) is 3.21. The average molecular weight is 388 g/mol. The summed E-state index contributed by atoms with van der Waals surface area (Å²) < 4.78 is 27.7. The van der Waals surface area contributed by atoms with Crippen LogP contribution in [0.4, 0.5) is 0 Å². The van der Waals surface area contributed by atoms with Crippen molar-refractivity contribution in [3.63, 3.8) is 0 Å². The van der Waals surface area contributed by atoms with E-state index in [-0.39, 0.29) is 16.1 Å². The van der Waals surface area contributed by atoms with Gasteiger partial charge in [-0.25, -0.2) is 18.4 Å². The van der Waals surface area contributed by atoms with Crippen molar-refractivity contribution >= 4 is 27.0 Å². The Bertz CT molecular complexity index is 1450. The van der Waals surface area contributed by atoms with Gasteiger partial charge in [0, 0.05) is 24.1 Å². The van der Waals surface area contributed by atoms with E-state index in [0.717, 1.165) is 11.4 Å². The van der Waals surface area contributed by atoms with Crippen LogP contribution in [-0.2, 0) is 17.1 Å². The Balaban J connectivity index is 2.11. The van der Waals surface area contributed by atoms with Crippen LogP contribution in [-0.4, -0.2) is 31.9 Å². The standard InChI is InChI=1S/C16H16N6O4S/c1-8-9(2)22-12-13(20(3)16(24)19-14(12)23)18-15(22)21(8)10-4-6-11(7-5-10)27(17,25)26/h4-7H,1-3H3,(H2,17,25,26)(H,19,23,24). The summed E-state index contributed by atoms with van der Waals surface area (Å²) in [5.41, 5.74) is 1.69. The molecule has 0 spiro atoms. The predicted octanol–water partition coefficient (Wildman–Crippen LogP) is -0.0706. The van der Waals surface area contributed by atoms with Gasteiger partial charge in [-0.1, -0.05) is 0 Å². The van der Waals surface area contributed by atoms with Crippen molar-refractivity contribution in [3.05, 3.63) is 56.5 Å². The molecule has 140 valence electrons. The molecule has 0 bridgehead atoms. The fraction of sp³-hybridized carbons (Fsp3) is 0.188. The molecule has 0 radical (unpaired) electrons. The van der Waals surface area contributed by atoms with Gasteiger partial charge in [-0.15, -0.1) is 0 Å². The average Bonchev–Trinajstić information content (AvgIpc) is 3.09. The van der Waals surface area contributed by atoms with Crippen LogP contribution in [0.25, 0.3) is 22.6 Å². The van der Waals surface area contributed by atoms with Gasteiger partial charge in [0.1, 0.15) is 0 Å².